The molecule has 1 aliphatic rings. The highest BCUT2D eigenvalue weighted by Crippen LogP contribution is 2.20. The van der Waals surface area contributed by atoms with Gasteiger partial charge < -0.3 is 15.4 Å². The van der Waals surface area contributed by atoms with Crippen LogP contribution in [0.3, 0.4) is 0 Å². The zero-order chi connectivity index (χ0) is 11.8. The molecule has 0 saturated carbocycles. The van der Waals surface area contributed by atoms with Gasteiger partial charge in [-0.05, 0) is 6.42 Å². The van der Waals surface area contributed by atoms with E-state index in [1.807, 2.05) is 16.5 Å². The van der Waals surface area contributed by atoms with Crippen LogP contribution in [-0.4, -0.2) is 49.4 Å². The maximum Gasteiger partial charge on any atom is 0.325 e. The Balaban J connectivity index is 2.00. The average Bonchev–Trinajstić information content (AvgIpc) is 2.77. The molecule has 0 bridgehead atoms. The Labute approximate surface area is 92.9 Å². The summed E-state index contributed by atoms with van der Waals surface area (Å²) in [6.45, 7) is 1.62. The van der Waals surface area contributed by atoms with E-state index in [0.717, 1.165) is 5.82 Å². The molecule has 0 aliphatic carbocycles. The van der Waals surface area contributed by atoms with Crippen molar-refractivity contribution in [3.05, 3.63) is 12.2 Å². The summed E-state index contributed by atoms with van der Waals surface area (Å²) in [6, 6.07) is 0. The molecule has 7 nitrogen and oxygen atoms in total. The minimum Gasteiger partial charge on any atom is -0.480 e. The molecule has 1 saturated heterocycles. The van der Waals surface area contributed by atoms with Crippen LogP contribution in [0.2, 0.25) is 0 Å². The van der Waals surface area contributed by atoms with Gasteiger partial charge in [0.2, 0.25) is 0 Å². The van der Waals surface area contributed by atoms with Crippen molar-refractivity contribution in [3.8, 4) is 0 Å². The van der Waals surface area contributed by atoms with E-state index in [1.165, 1.54) is 0 Å². The van der Waals surface area contributed by atoms with Gasteiger partial charge >= 0.3 is 5.97 Å². The summed E-state index contributed by atoms with van der Waals surface area (Å²) in [5, 5.41) is 16.7. The Morgan fingerprint density at radius 3 is 3.00 bits per heavy atom. The fourth-order valence-corrected chi connectivity index (χ4v) is 1.87. The van der Waals surface area contributed by atoms with E-state index in [-0.39, 0.29) is 0 Å². The van der Waals surface area contributed by atoms with Gasteiger partial charge in [-0.1, -0.05) is 0 Å². The van der Waals surface area contributed by atoms with Crippen LogP contribution in [0.25, 0.3) is 0 Å². The minimum absolute atomic E-state index is 0.356. The fourth-order valence-electron chi connectivity index (χ4n) is 1.87. The number of carboxylic acids is 1. The van der Waals surface area contributed by atoms with E-state index in [0.29, 0.717) is 26.1 Å². The number of hydrogen-bond donors (Lipinski definition) is 2. The second kappa shape index (κ2) is 3.84. The van der Waals surface area contributed by atoms with Crippen LogP contribution in [0.15, 0.2) is 6.33 Å². The van der Waals surface area contributed by atoms with Gasteiger partial charge in [0.25, 0.3) is 0 Å². The van der Waals surface area contributed by atoms with Crippen molar-refractivity contribution in [3.63, 3.8) is 0 Å². The Hall–Kier alpha value is -1.47. The summed E-state index contributed by atoms with van der Waals surface area (Å²) in [5.41, 5.74) is 4.66. The standard InChI is InChI=1S/C9H15N5O2/c1-13-6-11-12-7(13)4-14-3-2-9(10,5-14)8(15)16/h6H,2-5,10H2,1H3,(H,15,16). The largest absolute Gasteiger partial charge is 0.480 e. The molecule has 1 atom stereocenters. The van der Waals surface area contributed by atoms with Crippen molar-refractivity contribution in [1.82, 2.24) is 19.7 Å². The van der Waals surface area contributed by atoms with Gasteiger partial charge in [-0.3, -0.25) is 9.69 Å². The average molecular weight is 225 g/mol. The Bertz CT molecular complexity index is 404. The van der Waals surface area contributed by atoms with Crippen LogP contribution < -0.4 is 5.73 Å². The van der Waals surface area contributed by atoms with Crippen LogP contribution in [0.1, 0.15) is 12.2 Å². The molecule has 3 N–H and O–H groups in total. The molecule has 0 aromatic carbocycles. The molecule has 1 unspecified atom stereocenters. The summed E-state index contributed by atoms with van der Waals surface area (Å²) >= 11 is 0. The van der Waals surface area contributed by atoms with E-state index in [9.17, 15) is 4.79 Å². The van der Waals surface area contributed by atoms with Crippen LogP contribution >= 0.6 is 0 Å². The molecule has 1 fully saturated rings. The summed E-state index contributed by atoms with van der Waals surface area (Å²) < 4.78 is 1.82. The first-order valence-corrected chi connectivity index (χ1v) is 5.09. The van der Waals surface area contributed by atoms with Gasteiger partial charge in [-0.25, -0.2) is 0 Å². The molecule has 0 spiro atoms. The first kappa shape index (κ1) is 11.0. The van der Waals surface area contributed by atoms with Crippen LogP contribution in [0.5, 0.6) is 0 Å². The van der Waals surface area contributed by atoms with Crippen molar-refractivity contribution in [2.24, 2.45) is 12.8 Å². The van der Waals surface area contributed by atoms with Gasteiger partial charge in [0, 0.05) is 20.1 Å². The Kier molecular flexibility index (Phi) is 2.64. The van der Waals surface area contributed by atoms with Crippen LogP contribution in [0, 0.1) is 0 Å². The van der Waals surface area contributed by atoms with Gasteiger partial charge in [-0.15, -0.1) is 10.2 Å². The topological polar surface area (TPSA) is 97.3 Å². The van der Waals surface area contributed by atoms with E-state index >= 15 is 0 Å². The third-order valence-corrected chi connectivity index (χ3v) is 2.98. The highest BCUT2D eigenvalue weighted by molar-refractivity contribution is 5.79. The van der Waals surface area contributed by atoms with Crippen LogP contribution in [-0.2, 0) is 18.4 Å². The molecular formula is C9H15N5O2. The smallest absolute Gasteiger partial charge is 0.325 e. The van der Waals surface area contributed by atoms with Crippen molar-refractivity contribution >= 4 is 5.97 Å². The first-order chi connectivity index (χ1) is 7.51. The Morgan fingerprint density at radius 1 is 1.75 bits per heavy atom. The number of nitrogens with zero attached hydrogens (tertiary/aromatic N) is 4. The maximum atomic E-state index is 11.0. The van der Waals surface area contributed by atoms with Gasteiger partial charge in [0.15, 0.2) is 0 Å². The van der Waals surface area contributed by atoms with E-state index in [2.05, 4.69) is 10.2 Å². The molecule has 7 heteroatoms. The third kappa shape index (κ3) is 1.91. The zero-order valence-electron chi connectivity index (χ0n) is 9.13. The summed E-state index contributed by atoms with van der Waals surface area (Å²) in [7, 11) is 1.86. The number of carboxylic acid groups (broad SMARTS) is 1. The number of aliphatic carboxylic acids is 1. The molecule has 1 aromatic rings. The zero-order valence-corrected chi connectivity index (χ0v) is 9.13. The number of likely N-dealkylation sites (tertiary alicyclic amines) is 1. The molecule has 1 aromatic heterocycles. The second-order valence-electron chi connectivity index (χ2n) is 4.28. The summed E-state index contributed by atoms with van der Waals surface area (Å²) in [4.78, 5) is 12.9. The van der Waals surface area contributed by atoms with E-state index < -0.39 is 11.5 Å². The predicted molar refractivity (Wildman–Crippen MR) is 55.5 cm³/mol. The van der Waals surface area contributed by atoms with Gasteiger partial charge in [0.05, 0.1) is 6.54 Å². The number of rotatable bonds is 3. The van der Waals surface area contributed by atoms with Crippen molar-refractivity contribution in [1.29, 1.82) is 0 Å². The molecule has 0 radical (unpaired) electrons. The number of hydrogen-bond acceptors (Lipinski definition) is 5. The second-order valence-corrected chi connectivity index (χ2v) is 4.28. The lowest BCUT2D eigenvalue weighted by Crippen LogP contribution is -2.50. The lowest BCUT2D eigenvalue weighted by Gasteiger charge is -2.19. The summed E-state index contributed by atoms with van der Waals surface area (Å²) in [5.74, 6) is -0.123. The number of carbonyl (C=O) groups is 1. The lowest BCUT2D eigenvalue weighted by atomic mass is 10.0. The molecule has 88 valence electrons. The normalized spacial score (nSPS) is 26.1. The Morgan fingerprint density at radius 2 is 2.50 bits per heavy atom. The molecule has 16 heavy (non-hydrogen) atoms. The van der Waals surface area contributed by atoms with E-state index in [4.69, 9.17) is 10.8 Å². The number of aromatic nitrogens is 3. The minimum atomic E-state index is -1.11. The summed E-state index contributed by atoms with van der Waals surface area (Å²) in [6.07, 6.45) is 2.10. The number of nitrogens with two attached hydrogens (primary N) is 1. The monoisotopic (exact) mass is 225 g/mol. The fraction of sp³-hybridized carbons (Fsp3) is 0.667. The lowest BCUT2D eigenvalue weighted by molar-refractivity contribution is -0.142. The number of aryl methyl sites for hydroxylation is 1. The SMILES string of the molecule is Cn1cnnc1CN1CCC(N)(C(=O)O)C1. The molecule has 1 aliphatic heterocycles. The van der Waals surface area contributed by atoms with Crippen LogP contribution in [0.4, 0.5) is 0 Å². The maximum absolute atomic E-state index is 11.0. The molecule has 2 rings (SSSR count). The highest BCUT2D eigenvalue weighted by atomic mass is 16.4. The molecular weight excluding hydrogens is 210 g/mol. The van der Waals surface area contributed by atoms with Crippen molar-refractivity contribution in [2.75, 3.05) is 13.1 Å². The molecule has 0 amide bonds. The first-order valence-electron chi connectivity index (χ1n) is 5.09. The van der Waals surface area contributed by atoms with Gasteiger partial charge in [-0.2, -0.15) is 0 Å². The third-order valence-electron chi connectivity index (χ3n) is 2.98. The van der Waals surface area contributed by atoms with Crippen molar-refractivity contribution < 1.29 is 9.90 Å². The highest BCUT2D eigenvalue weighted by Gasteiger charge is 2.41. The van der Waals surface area contributed by atoms with Crippen molar-refractivity contribution in [2.45, 2.75) is 18.5 Å². The predicted octanol–water partition coefficient (Wildman–Crippen LogP) is -1.20. The van der Waals surface area contributed by atoms with Gasteiger partial charge in [0.1, 0.15) is 17.7 Å². The quantitative estimate of drug-likeness (QED) is 0.671. The molecule has 2 heterocycles. The van der Waals surface area contributed by atoms with E-state index in [1.54, 1.807) is 6.33 Å².